The summed E-state index contributed by atoms with van der Waals surface area (Å²) in [6, 6.07) is 7.55. The molecule has 3 heterocycles. The van der Waals surface area contributed by atoms with Crippen molar-refractivity contribution in [2.45, 2.75) is 58.5 Å². The maximum atomic E-state index is 11.2. The Kier molecular flexibility index (Phi) is 7.80. The van der Waals surface area contributed by atoms with Crippen molar-refractivity contribution in [3.8, 4) is 11.3 Å². The Bertz CT molecular complexity index is 1350. The number of amidine groups is 1. The Hall–Kier alpha value is -3.24. The molecule has 11 heteroatoms. The summed E-state index contributed by atoms with van der Waals surface area (Å²) in [6.45, 7) is 7.13. The Morgan fingerprint density at radius 2 is 1.97 bits per heavy atom. The molecule has 10 nitrogen and oxygen atoms in total. The summed E-state index contributed by atoms with van der Waals surface area (Å²) in [4.78, 5) is 31.3. The topological polar surface area (TPSA) is 132 Å². The van der Waals surface area contributed by atoms with Crippen LogP contribution in [0.4, 0.5) is 10.7 Å². The maximum Gasteiger partial charge on any atom is 0.433 e. The molecule has 2 fully saturated rings. The summed E-state index contributed by atoms with van der Waals surface area (Å²) in [7, 11) is 0. The van der Waals surface area contributed by atoms with E-state index in [0.717, 1.165) is 29.5 Å². The lowest BCUT2D eigenvalue weighted by atomic mass is 9.81. The molecule has 1 atom stereocenters. The van der Waals surface area contributed by atoms with E-state index in [1.54, 1.807) is 6.07 Å². The van der Waals surface area contributed by atoms with E-state index in [0.29, 0.717) is 42.0 Å². The number of hydrogen-bond acceptors (Lipinski definition) is 6. The van der Waals surface area contributed by atoms with Gasteiger partial charge in [-0.15, -0.1) is 0 Å². The molecule has 3 aromatic rings. The van der Waals surface area contributed by atoms with Crippen LogP contribution in [-0.4, -0.2) is 62.4 Å². The number of hydrogen-bond donors (Lipinski definition) is 2. The number of halogens is 1. The highest BCUT2D eigenvalue weighted by Crippen LogP contribution is 2.37. The van der Waals surface area contributed by atoms with Gasteiger partial charge in [0.2, 0.25) is 5.95 Å². The zero-order valence-electron chi connectivity index (χ0n) is 21.8. The number of anilines is 1. The van der Waals surface area contributed by atoms with E-state index in [1.807, 2.05) is 18.2 Å². The maximum absolute atomic E-state index is 11.2. The van der Waals surface area contributed by atoms with Gasteiger partial charge in [0.05, 0.1) is 19.3 Å². The SMILES string of the molecule is CCC1CCC(Cn2c(N3CCOCC3C)nc3nc(C(N)=NC(=O)O)nc(-c4cccc(Cl)c4)c32)CC1. The van der Waals surface area contributed by atoms with E-state index in [-0.39, 0.29) is 17.7 Å². The van der Waals surface area contributed by atoms with Gasteiger partial charge in [0.25, 0.3) is 0 Å². The Morgan fingerprint density at radius 3 is 2.66 bits per heavy atom. The van der Waals surface area contributed by atoms with Gasteiger partial charge in [-0.3, -0.25) is 0 Å². The standard InChI is InChI=1S/C27H34ClN7O3/c1-3-17-7-9-18(10-8-17)14-35-22-21(19-5-4-6-20(28)13-19)30-25(23(29)31-27(36)37)32-24(22)33-26(35)34-11-12-38-15-16(34)2/h4-6,13,16-18H,3,7-12,14-15H2,1-2H3,(H2,29,31)(H,36,37). The first kappa shape index (κ1) is 26.4. The number of rotatable bonds is 6. The molecule has 1 unspecified atom stereocenters. The van der Waals surface area contributed by atoms with Crippen molar-refractivity contribution in [2.75, 3.05) is 24.7 Å². The summed E-state index contributed by atoms with van der Waals surface area (Å²) in [5.41, 5.74) is 8.60. The predicted molar refractivity (Wildman–Crippen MR) is 148 cm³/mol. The zero-order valence-corrected chi connectivity index (χ0v) is 22.6. The lowest BCUT2D eigenvalue weighted by Gasteiger charge is -2.35. The first-order chi connectivity index (χ1) is 18.3. The Balaban J connectivity index is 1.71. The monoisotopic (exact) mass is 539 g/mol. The van der Waals surface area contributed by atoms with Crippen LogP contribution < -0.4 is 10.6 Å². The number of aromatic nitrogens is 4. The summed E-state index contributed by atoms with van der Waals surface area (Å²) in [6.07, 6.45) is 4.63. The number of nitrogens with zero attached hydrogens (tertiary/aromatic N) is 6. The smallest absolute Gasteiger partial charge is 0.433 e. The number of carbonyl (C=O) groups is 1. The molecule has 38 heavy (non-hydrogen) atoms. The highest BCUT2D eigenvalue weighted by molar-refractivity contribution is 6.30. The van der Waals surface area contributed by atoms with Gasteiger partial charge in [-0.25, -0.2) is 14.8 Å². The minimum Gasteiger partial charge on any atom is -0.463 e. The molecule has 202 valence electrons. The third-order valence-corrected chi connectivity index (χ3v) is 7.97. The summed E-state index contributed by atoms with van der Waals surface area (Å²) in [5, 5.41) is 9.73. The third kappa shape index (κ3) is 5.47. The number of imidazole rings is 1. The molecule has 2 aromatic heterocycles. The molecule has 1 saturated carbocycles. The van der Waals surface area contributed by atoms with Gasteiger partial charge < -0.3 is 25.0 Å². The van der Waals surface area contributed by atoms with Crippen LogP contribution in [0.1, 0.15) is 51.8 Å². The van der Waals surface area contributed by atoms with Gasteiger partial charge in [0.15, 0.2) is 17.3 Å². The molecule has 1 aliphatic carbocycles. The lowest BCUT2D eigenvalue weighted by Crippen LogP contribution is -2.45. The number of nitrogens with two attached hydrogens (primary N) is 1. The zero-order chi connectivity index (χ0) is 26.8. The van der Waals surface area contributed by atoms with E-state index < -0.39 is 6.09 Å². The average molecular weight is 540 g/mol. The van der Waals surface area contributed by atoms with Crippen LogP contribution in [0.5, 0.6) is 0 Å². The van der Waals surface area contributed by atoms with Gasteiger partial charge in [0.1, 0.15) is 11.2 Å². The number of aliphatic imine (C=N–C) groups is 1. The van der Waals surface area contributed by atoms with Crippen LogP contribution in [-0.2, 0) is 11.3 Å². The Labute approximate surface area is 226 Å². The molecular weight excluding hydrogens is 506 g/mol. The number of morpholine rings is 1. The number of benzene rings is 1. The van der Waals surface area contributed by atoms with E-state index >= 15 is 0 Å². The van der Waals surface area contributed by atoms with Gasteiger partial charge >= 0.3 is 6.09 Å². The first-order valence-corrected chi connectivity index (χ1v) is 13.7. The minimum absolute atomic E-state index is 0.0181. The second-order valence-corrected chi connectivity index (χ2v) is 10.7. The fourth-order valence-electron chi connectivity index (χ4n) is 5.63. The van der Waals surface area contributed by atoms with Crippen molar-refractivity contribution in [1.29, 1.82) is 0 Å². The number of fused-ring (bicyclic) bond motifs is 1. The molecular formula is C27H34ClN7O3. The quantitative estimate of drug-likeness (QED) is 0.331. The highest BCUT2D eigenvalue weighted by atomic mass is 35.5. The molecule has 1 aliphatic heterocycles. The van der Waals surface area contributed by atoms with E-state index in [9.17, 15) is 4.79 Å². The van der Waals surface area contributed by atoms with E-state index in [2.05, 4.69) is 33.3 Å². The van der Waals surface area contributed by atoms with Gasteiger partial charge in [-0.2, -0.15) is 9.98 Å². The second-order valence-electron chi connectivity index (χ2n) is 10.3. The summed E-state index contributed by atoms with van der Waals surface area (Å²) in [5.74, 6) is 1.86. The largest absolute Gasteiger partial charge is 0.463 e. The molecule has 0 bridgehead atoms. The summed E-state index contributed by atoms with van der Waals surface area (Å²) >= 11 is 6.37. The third-order valence-electron chi connectivity index (χ3n) is 7.74. The van der Waals surface area contributed by atoms with Crippen LogP contribution >= 0.6 is 11.6 Å². The molecule has 5 rings (SSSR count). The molecule has 1 saturated heterocycles. The van der Waals surface area contributed by atoms with E-state index in [4.69, 9.17) is 37.1 Å². The molecule has 0 radical (unpaired) electrons. The van der Waals surface area contributed by atoms with Crippen molar-refractivity contribution in [2.24, 2.45) is 22.6 Å². The molecule has 3 N–H and O–H groups in total. The van der Waals surface area contributed by atoms with Gasteiger partial charge in [-0.05, 0) is 43.7 Å². The van der Waals surface area contributed by atoms with E-state index in [1.165, 1.54) is 32.1 Å². The van der Waals surface area contributed by atoms with Crippen LogP contribution in [0.3, 0.4) is 0 Å². The molecule has 1 aromatic carbocycles. The fraction of sp³-hybridized carbons (Fsp3) is 0.519. The highest BCUT2D eigenvalue weighted by Gasteiger charge is 2.30. The molecule has 0 spiro atoms. The second kappa shape index (κ2) is 11.2. The first-order valence-electron chi connectivity index (χ1n) is 13.3. The van der Waals surface area contributed by atoms with Crippen LogP contribution in [0.2, 0.25) is 5.02 Å². The lowest BCUT2D eigenvalue weighted by molar-refractivity contribution is 0.0975. The van der Waals surface area contributed by atoms with Crippen molar-refractivity contribution < 1.29 is 14.6 Å². The van der Waals surface area contributed by atoms with Crippen LogP contribution in [0.15, 0.2) is 29.3 Å². The average Bonchev–Trinajstić information content (AvgIpc) is 3.26. The normalized spacial score (nSPS) is 22.7. The van der Waals surface area contributed by atoms with Crippen molar-refractivity contribution in [1.82, 2.24) is 19.5 Å². The van der Waals surface area contributed by atoms with Crippen molar-refractivity contribution >= 4 is 40.6 Å². The number of ether oxygens (including phenoxy) is 1. The van der Waals surface area contributed by atoms with Gasteiger partial charge in [0, 0.05) is 23.7 Å². The van der Waals surface area contributed by atoms with Crippen molar-refractivity contribution in [3.63, 3.8) is 0 Å². The minimum atomic E-state index is -1.41. The van der Waals surface area contributed by atoms with Crippen molar-refractivity contribution in [3.05, 3.63) is 35.1 Å². The fourth-order valence-corrected chi connectivity index (χ4v) is 5.82. The number of carboxylic acid groups (broad SMARTS) is 1. The van der Waals surface area contributed by atoms with Gasteiger partial charge in [-0.1, -0.05) is 49.9 Å². The Morgan fingerprint density at radius 1 is 1.21 bits per heavy atom. The van der Waals surface area contributed by atoms with Crippen LogP contribution in [0, 0.1) is 11.8 Å². The number of amides is 1. The summed E-state index contributed by atoms with van der Waals surface area (Å²) < 4.78 is 7.95. The predicted octanol–water partition coefficient (Wildman–Crippen LogP) is 4.97. The molecule has 2 aliphatic rings. The molecule has 1 amide bonds. The van der Waals surface area contributed by atoms with Crippen LogP contribution in [0.25, 0.3) is 22.4 Å².